The second kappa shape index (κ2) is 6.34. The fourth-order valence-corrected chi connectivity index (χ4v) is 1.94. The molecule has 0 atom stereocenters. The standard InChI is InChI=1S/C11H13BrN2O4/c1-13(6-5-12)11(15)9-4-3-8(14(16)17)7-10(9)18-2/h3-4,7H,5-6H2,1-2H3. The van der Waals surface area contributed by atoms with Gasteiger partial charge in [-0.3, -0.25) is 14.9 Å². The van der Waals surface area contributed by atoms with E-state index in [1.807, 2.05) is 0 Å². The number of rotatable bonds is 5. The first-order valence-electron chi connectivity index (χ1n) is 5.15. The summed E-state index contributed by atoms with van der Waals surface area (Å²) in [4.78, 5) is 23.7. The van der Waals surface area contributed by atoms with Gasteiger partial charge in [0, 0.05) is 25.0 Å². The molecule has 1 amide bonds. The molecular formula is C11H13BrN2O4. The van der Waals surface area contributed by atoms with Crippen LogP contribution in [-0.2, 0) is 0 Å². The molecule has 18 heavy (non-hydrogen) atoms. The van der Waals surface area contributed by atoms with E-state index in [0.29, 0.717) is 17.4 Å². The van der Waals surface area contributed by atoms with Crippen LogP contribution in [0, 0.1) is 10.1 Å². The maximum Gasteiger partial charge on any atom is 0.273 e. The Balaban J connectivity index is 3.09. The van der Waals surface area contributed by atoms with Crippen molar-refractivity contribution in [1.82, 2.24) is 4.90 Å². The van der Waals surface area contributed by atoms with Crippen LogP contribution in [0.3, 0.4) is 0 Å². The summed E-state index contributed by atoms with van der Waals surface area (Å²) in [6.45, 7) is 0.541. The van der Waals surface area contributed by atoms with E-state index in [4.69, 9.17) is 4.74 Å². The number of halogens is 1. The van der Waals surface area contributed by atoms with Crippen LogP contribution in [0.5, 0.6) is 5.75 Å². The number of amides is 1. The molecule has 0 saturated heterocycles. The Morgan fingerprint density at radius 2 is 2.22 bits per heavy atom. The molecule has 0 aromatic heterocycles. The minimum atomic E-state index is -0.529. The number of carbonyl (C=O) groups excluding carboxylic acids is 1. The molecule has 0 aliphatic heterocycles. The summed E-state index contributed by atoms with van der Waals surface area (Å²) in [6, 6.07) is 3.94. The molecule has 0 bridgehead atoms. The highest BCUT2D eigenvalue weighted by Gasteiger charge is 2.19. The highest BCUT2D eigenvalue weighted by Crippen LogP contribution is 2.25. The van der Waals surface area contributed by atoms with Crippen LogP contribution in [0.2, 0.25) is 0 Å². The van der Waals surface area contributed by atoms with E-state index in [-0.39, 0.29) is 17.3 Å². The molecule has 0 fully saturated rings. The van der Waals surface area contributed by atoms with Crippen LogP contribution in [0.15, 0.2) is 18.2 Å². The Bertz CT molecular complexity index is 464. The molecule has 1 aromatic carbocycles. The molecule has 0 radical (unpaired) electrons. The molecule has 0 unspecified atom stereocenters. The van der Waals surface area contributed by atoms with E-state index >= 15 is 0 Å². The lowest BCUT2D eigenvalue weighted by Crippen LogP contribution is -2.28. The SMILES string of the molecule is COc1cc([N+](=O)[O-])ccc1C(=O)N(C)CCBr. The van der Waals surface area contributed by atoms with Gasteiger partial charge in [0.25, 0.3) is 11.6 Å². The predicted molar refractivity (Wildman–Crippen MR) is 70.4 cm³/mol. The van der Waals surface area contributed by atoms with Crippen LogP contribution in [0.25, 0.3) is 0 Å². The lowest BCUT2D eigenvalue weighted by molar-refractivity contribution is -0.384. The Morgan fingerprint density at radius 3 is 2.72 bits per heavy atom. The van der Waals surface area contributed by atoms with E-state index in [0.717, 1.165) is 0 Å². The third-order valence-corrected chi connectivity index (χ3v) is 2.75. The number of methoxy groups -OCH3 is 1. The van der Waals surface area contributed by atoms with Crippen molar-refractivity contribution < 1.29 is 14.5 Å². The van der Waals surface area contributed by atoms with Gasteiger partial charge in [-0.15, -0.1) is 0 Å². The van der Waals surface area contributed by atoms with Gasteiger partial charge in [-0.2, -0.15) is 0 Å². The molecule has 98 valence electrons. The summed E-state index contributed by atoms with van der Waals surface area (Å²) >= 11 is 3.24. The third kappa shape index (κ3) is 3.19. The second-order valence-corrected chi connectivity index (χ2v) is 4.35. The van der Waals surface area contributed by atoms with Crippen molar-refractivity contribution in [2.24, 2.45) is 0 Å². The monoisotopic (exact) mass is 316 g/mol. The zero-order valence-electron chi connectivity index (χ0n) is 10.1. The van der Waals surface area contributed by atoms with Crippen LogP contribution in [0.1, 0.15) is 10.4 Å². The molecule has 0 saturated carbocycles. The Kier molecular flexibility index (Phi) is 5.08. The lowest BCUT2D eigenvalue weighted by atomic mass is 10.1. The van der Waals surface area contributed by atoms with E-state index in [2.05, 4.69) is 15.9 Å². The molecule has 1 rings (SSSR count). The van der Waals surface area contributed by atoms with Gasteiger partial charge in [-0.25, -0.2) is 0 Å². The summed E-state index contributed by atoms with van der Waals surface area (Å²) in [5.41, 5.74) is 0.207. The van der Waals surface area contributed by atoms with Gasteiger partial charge in [-0.1, -0.05) is 15.9 Å². The maximum absolute atomic E-state index is 12.1. The zero-order chi connectivity index (χ0) is 13.7. The number of hydrogen-bond acceptors (Lipinski definition) is 4. The summed E-state index contributed by atoms with van der Waals surface area (Å²) in [5, 5.41) is 11.3. The highest BCUT2D eigenvalue weighted by molar-refractivity contribution is 9.09. The molecule has 0 N–H and O–H groups in total. The smallest absolute Gasteiger partial charge is 0.273 e. The summed E-state index contributed by atoms with van der Waals surface area (Å²) < 4.78 is 5.02. The molecule has 0 heterocycles. The van der Waals surface area contributed by atoms with Crippen molar-refractivity contribution in [3.8, 4) is 5.75 Å². The summed E-state index contributed by atoms with van der Waals surface area (Å²) in [7, 11) is 3.03. The fourth-order valence-electron chi connectivity index (χ4n) is 1.40. The number of hydrogen-bond donors (Lipinski definition) is 0. The second-order valence-electron chi connectivity index (χ2n) is 3.56. The average Bonchev–Trinajstić information content (AvgIpc) is 2.37. The minimum Gasteiger partial charge on any atom is -0.496 e. The molecular weight excluding hydrogens is 304 g/mol. The third-order valence-electron chi connectivity index (χ3n) is 2.39. The first kappa shape index (κ1) is 14.4. The minimum absolute atomic E-state index is 0.105. The normalized spacial score (nSPS) is 9.94. The van der Waals surface area contributed by atoms with Gasteiger partial charge in [0.1, 0.15) is 5.75 Å². The van der Waals surface area contributed by atoms with Gasteiger partial charge < -0.3 is 9.64 Å². The summed E-state index contributed by atoms with van der Waals surface area (Å²) in [6.07, 6.45) is 0. The number of ether oxygens (including phenoxy) is 1. The Labute approximate surface area is 113 Å². The molecule has 0 spiro atoms. The largest absolute Gasteiger partial charge is 0.496 e. The van der Waals surface area contributed by atoms with Crippen molar-refractivity contribution >= 4 is 27.5 Å². The Hall–Kier alpha value is -1.63. The number of nitro benzene ring substituents is 1. The van der Waals surface area contributed by atoms with Crippen molar-refractivity contribution in [1.29, 1.82) is 0 Å². The molecule has 7 heteroatoms. The van der Waals surface area contributed by atoms with Crippen molar-refractivity contribution in [3.05, 3.63) is 33.9 Å². The van der Waals surface area contributed by atoms with Crippen LogP contribution < -0.4 is 4.74 Å². The van der Waals surface area contributed by atoms with E-state index < -0.39 is 4.92 Å². The predicted octanol–water partition coefficient (Wildman–Crippen LogP) is 2.07. The molecule has 0 aliphatic rings. The van der Waals surface area contributed by atoms with Gasteiger partial charge in [0.05, 0.1) is 23.7 Å². The number of non-ortho nitro benzene ring substituents is 1. The average molecular weight is 317 g/mol. The first-order chi connectivity index (χ1) is 8.51. The van der Waals surface area contributed by atoms with Crippen LogP contribution in [0.4, 0.5) is 5.69 Å². The quantitative estimate of drug-likeness (QED) is 0.473. The van der Waals surface area contributed by atoms with Crippen molar-refractivity contribution in [2.75, 3.05) is 26.0 Å². The van der Waals surface area contributed by atoms with Gasteiger partial charge >= 0.3 is 0 Å². The molecule has 1 aromatic rings. The molecule has 6 nitrogen and oxygen atoms in total. The fraction of sp³-hybridized carbons (Fsp3) is 0.364. The number of nitro groups is 1. The van der Waals surface area contributed by atoms with E-state index in [1.54, 1.807) is 7.05 Å². The lowest BCUT2D eigenvalue weighted by Gasteiger charge is -2.17. The number of nitrogens with zero attached hydrogens (tertiary/aromatic N) is 2. The molecule has 0 aliphatic carbocycles. The van der Waals surface area contributed by atoms with Crippen molar-refractivity contribution in [3.63, 3.8) is 0 Å². The van der Waals surface area contributed by atoms with Gasteiger partial charge in [0.2, 0.25) is 0 Å². The number of carbonyl (C=O) groups is 1. The van der Waals surface area contributed by atoms with Gasteiger partial charge in [0.15, 0.2) is 0 Å². The topological polar surface area (TPSA) is 72.7 Å². The zero-order valence-corrected chi connectivity index (χ0v) is 11.6. The van der Waals surface area contributed by atoms with E-state index in [9.17, 15) is 14.9 Å². The van der Waals surface area contributed by atoms with Crippen LogP contribution in [-0.4, -0.2) is 41.8 Å². The van der Waals surface area contributed by atoms with Crippen LogP contribution >= 0.6 is 15.9 Å². The van der Waals surface area contributed by atoms with E-state index in [1.165, 1.54) is 30.2 Å². The van der Waals surface area contributed by atoms with Gasteiger partial charge in [-0.05, 0) is 6.07 Å². The van der Waals surface area contributed by atoms with Crippen molar-refractivity contribution in [2.45, 2.75) is 0 Å². The maximum atomic E-state index is 12.1. The number of alkyl halides is 1. The summed E-state index contributed by atoms with van der Waals surface area (Å²) in [5.74, 6) is -0.0307. The highest BCUT2D eigenvalue weighted by atomic mass is 79.9. The Morgan fingerprint density at radius 1 is 1.56 bits per heavy atom. The first-order valence-corrected chi connectivity index (χ1v) is 6.27. The number of benzene rings is 1.